The van der Waals surface area contributed by atoms with Crippen molar-refractivity contribution in [2.24, 2.45) is 5.92 Å². The van der Waals surface area contributed by atoms with Crippen LogP contribution in [-0.2, 0) is 14.3 Å². The number of carbonyl (C=O) groups is 2. The van der Waals surface area contributed by atoms with Gasteiger partial charge in [0.1, 0.15) is 12.4 Å². The summed E-state index contributed by atoms with van der Waals surface area (Å²) in [6.07, 6.45) is 0. The van der Waals surface area contributed by atoms with E-state index in [0.717, 1.165) is 5.69 Å². The largest absolute Gasteiger partial charge is 0.491 e. The SMILES string of the molecule is COCCOc1cccc(NC(=O)CNc2cccc(NC(=O)C(C)C)c2)c1. The summed E-state index contributed by atoms with van der Waals surface area (Å²) in [6.45, 7) is 4.70. The zero-order chi connectivity index (χ0) is 20.4. The van der Waals surface area contributed by atoms with E-state index in [0.29, 0.717) is 30.3 Å². The highest BCUT2D eigenvalue weighted by atomic mass is 16.5. The van der Waals surface area contributed by atoms with Gasteiger partial charge in [-0.3, -0.25) is 9.59 Å². The molecule has 2 aromatic rings. The van der Waals surface area contributed by atoms with Crippen LogP contribution in [0.1, 0.15) is 13.8 Å². The number of anilines is 3. The number of ether oxygens (including phenoxy) is 2. The normalized spacial score (nSPS) is 10.4. The van der Waals surface area contributed by atoms with E-state index in [1.165, 1.54) is 0 Å². The molecule has 0 saturated heterocycles. The van der Waals surface area contributed by atoms with Crippen molar-refractivity contribution in [2.75, 3.05) is 42.8 Å². The molecule has 7 nitrogen and oxygen atoms in total. The molecule has 7 heteroatoms. The molecule has 0 unspecified atom stereocenters. The molecule has 0 fully saturated rings. The van der Waals surface area contributed by atoms with Gasteiger partial charge in [-0.05, 0) is 30.3 Å². The first-order valence-electron chi connectivity index (χ1n) is 9.14. The van der Waals surface area contributed by atoms with Crippen LogP contribution in [0.4, 0.5) is 17.1 Å². The highest BCUT2D eigenvalue weighted by Gasteiger charge is 2.08. The number of hydrogen-bond acceptors (Lipinski definition) is 5. The lowest BCUT2D eigenvalue weighted by molar-refractivity contribution is -0.119. The van der Waals surface area contributed by atoms with Crippen molar-refractivity contribution in [1.82, 2.24) is 0 Å². The van der Waals surface area contributed by atoms with Crippen LogP contribution in [-0.4, -0.2) is 38.7 Å². The second kappa shape index (κ2) is 10.9. The van der Waals surface area contributed by atoms with Gasteiger partial charge >= 0.3 is 0 Å². The van der Waals surface area contributed by atoms with Gasteiger partial charge in [-0.25, -0.2) is 0 Å². The Kier molecular flexibility index (Phi) is 8.30. The molecule has 3 N–H and O–H groups in total. The number of benzene rings is 2. The molecular weight excluding hydrogens is 358 g/mol. The van der Waals surface area contributed by atoms with E-state index in [-0.39, 0.29) is 24.3 Å². The number of amides is 2. The van der Waals surface area contributed by atoms with Crippen molar-refractivity contribution < 1.29 is 19.1 Å². The average Bonchev–Trinajstić information content (AvgIpc) is 2.67. The topological polar surface area (TPSA) is 88.7 Å². The fourth-order valence-corrected chi connectivity index (χ4v) is 2.29. The van der Waals surface area contributed by atoms with Crippen LogP contribution in [0.15, 0.2) is 48.5 Å². The Morgan fingerprint density at radius 1 is 0.929 bits per heavy atom. The molecule has 0 aliphatic heterocycles. The van der Waals surface area contributed by atoms with Gasteiger partial charge in [-0.15, -0.1) is 0 Å². The summed E-state index contributed by atoms with van der Waals surface area (Å²) >= 11 is 0. The average molecular weight is 385 g/mol. The number of nitrogens with one attached hydrogen (secondary N) is 3. The first kappa shape index (κ1) is 21.2. The predicted octanol–water partition coefficient (Wildman–Crippen LogP) is 3.36. The van der Waals surface area contributed by atoms with Crippen LogP contribution >= 0.6 is 0 Å². The molecule has 2 amide bonds. The maximum Gasteiger partial charge on any atom is 0.243 e. The maximum atomic E-state index is 12.2. The van der Waals surface area contributed by atoms with Gasteiger partial charge in [0.15, 0.2) is 0 Å². The maximum absolute atomic E-state index is 12.2. The van der Waals surface area contributed by atoms with Crippen molar-refractivity contribution in [3.05, 3.63) is 48.5 Å². The molecule has 0 aromatic heterocycles. The van der Waals surface area contributed by atoms with E-state index < -0.39 is 0 Å². The lowest BCUT2D eigenvalue weighted by atomic mass is 10.2. The molecule has 0 bridgehead atoms. The summed E-state index contributed by atoms with van der Waals surface area (Å²) < 4.78 is 10.5. The van der Waals surface area contributed by atoms with Crippen molar-refractivity contribution in [3.8, 4) is 5.75 Å². The van der Waals surface area contributed by atoms with E-state index in [1.807, 2.05) is 38.1 Å². The molecule has 0 radical (unpaired) electrons. The van der Waals surface area contributed by atoms with Gasteiger partial charge in [0.2, 0.25) is 11.8 Å². The smallest absolute Gasteiger partial charge is 0.243 e. The highest BCUT2D eigenvalue weighted by molar-refractivity contribution is 5.94. The lowest BCUT2D eigenvalue weighted by Gasteiger charge is -2.12. The molecule has 28 heavy (non-hydrogen) atoms. The number of hydrogen-bond donors (Lipinski definition) is 3. The first-order valence-corrected chi connectivity index (χ1v) is 9.14. The van der Waals surface area contributed by atoms with Crippen LogP contribution in [0.25, 0.3) is 0 Å². The van der Waals surface area contributed by atoms with Crippen LogP contribution in [0.5, 0.6) is 5.75 Å². The van der Waals surface area contributed by atoms with E-state index in [1.54, 1.807) is 31.4 Å². The van der Waals surface area contributed by atoms with Gasteiger partial charge in [0, 0.05) is 36.2 Å². The second-order valence-electron chi connectivity index (χ2n) is 6.50. The summed E-state index contributed by atoms with van der Waals surface area (Å²) in [6, 6.07) is 14.4. The minimum Gasteiger partial charge on any atom is -0.491 e. The summed E-state index contributed by atoms with van der Waals surface area (Å²) in [5, 5.41) is 8.71. The van der Waals surface area contributed by atoms with Crippen LogP contribution in [0.2, 0.25) is 0 Å². The standard InChI is InChI=1S/C21H27N3O4/c1-15(2)21(26)24-17-7-4-6-16(12-17)22-14-20(25)23-18-8-5-9-19(13-18)28-11-10-27-3/h4-9,12-13,15,22H,10-11,14H2,1-3H3,(H,23,25)(H,24,26). The Bertz CT molecular complexity index is 793. The summed E-state index contributed by atoms with van der Waals surface area (Å²) in [5.41, 5.74) is 2.08. The van der Waals surface area contributed by atoms with Gasteiger partial charge < -0.3 is 25.4 Å². The zero-order valence-corrected chi connectivity index (χ0v) is 16.5. The Morgan fingerprint density at radius 3 is 2.32 bits per heavy atom. The molecule has 0 atom stereocenters. The number of rotatable bonds is 10. The minimum absolute atomic E-state index is 0.0532. The second-order valence-corrected chi connectivity index (χ2v) is 6.50. The van der Waals surface area contributed by atoms with E-state index in [2.05, 4.69) is 16.0 Å². The van der Waals surface area contributed by atoms with Gasteiger partial charge in [-0.1, -0.05) is 26.0 Å². The molecule has 2 aromatic carbocycles. The van der Waals surface area contributed by atoms with Gasteiger partial charge in [0.05, 0.1) is 13.2 Å². The molecular formula is C21H27N3O4. The fourth-order valence-electron chi connectivity index (χ4n) is 2.29. The molecule has 0 spiro atoms. The quantitative estimate of drug-likeness (QED) is 0.546. The molecule has 2 rings (SSSR count). The van der Waals surface area contributed by atoms with Crippen molar-refractivity contribution in [1.29, 1.82) is 0 Å². The van der Waals surface area contributed by atoms with Gasteiger partial charge in [-0.2, -0.15) is 0 Å². The zero-order valence-electron chi connectivity index (χ0n) is 16.5. The molecule has 0 heterocycles. The Labute approximate surface area is 165 Å². The Hall–Kier alpha value is -3.06. The fraction of sp³-hybridized carbons (Fsp3) is 0.333. The van der Waals surface area contributed by atoms with Crippen molar-refractivity contribution in [2.45, 2.75) is 13.8 Å². The van der Waals surface area contributed by atoms with Crippen LogP contribution in [0, 0.1) is 5.92 Å². The summed E-state index contributed by atoms with van der Waals surface area (Å²) in [7, 11) is 1.61. The molecule has 0 aliphatic rings. The third kappa shape index (κ3) is 7.28. The molecule has 0 aliphatic carbocycles. The predicted molar refractivity (Wildman–Crippen MR) is 111 cm³/mol. The molecule has 150 valence electrons. The van der Waals surface area contributed by atoms with Crippen molar-refractivity contribution in [3.63, 3.8) is 0 Å². The van der Waals surface area contributed by atoms with E-state index in [9.17, 15) is 9.59 Å². The third-order valence-corrected chi connectivity index (χ3v) is 3.78. The number of carbonyl (C=O) groups excluding carboxylic acids is 2. The monoisotopic (exact) mass is 385 g/mol. The summed E-state index contributed by atoms with van der Waals surface area (Å²) in [5.74, 6) is 0.321. The number of methoxy groups -OCH3 is 1. The van der Waals surface area contributed by atoms with E-state index in [4.69, 9.17) is 9.47 Å². The minimum atomic E-state index is -0.189. The van der Waals surface area contributed by atoms with E-state index >= 15 is 0 Å². The first-order chi connectivity index (χ1) is 13.5. The van der Waals surface area contributed by atoms with Crippen LogP contribution < -0.4 is 20.7 Å². The third-order valence-electron chi connectivity index (χ3n) is 3.78. The lowest BCUT2D eigenvalue weighted by Crippen LogP contribution is -2.22. The highest BCUT2D eigenvalue weighted by Crippen LogP contribution is 2.18. The van der Waals surface area contributed by atoms with Crippen molar-refractivity contribution >= 4 is 28.9 Å². The van der Waals surface area contributed by atoms with Gasteiger partial charge in [0.25, 0.3) is 0 Å². The van der Waals surface area contributed by atoms with Crippen LogP contribution in [0.3, 0.4) is 0 Å². The Morgan fingerprint density at radius 2 is 1.61 bits per heavy atom. The summed E-state index contributed by atoms with van der Waals surface area (Å²) in [4.78, 5) is 24.0. The molecule has 0 saturated carbocycles. The Balaban J connectivity index is 1.85.